The summed E-state index contributed by atoms with van der Waals surface area (Å²) in [6.45, 7) is 3.14. The molecular weight excluding hydrogens is 330 g/mol. The minimum atomic E-state index is 0.0521. The normalized spacial score (nSPS) is 32.7. The van der Waals surface area contributed by atoms with Crippen LogP contribution in [0.15, 0.2) is 29.2 Å². The molecule has 0 bridgehead atoms. The van der Waals surface area contributed by atoms with E-state index in [0.29, 0.717) is 12.1 Å². The lowest BCUT2D eigenvalue weighted by atomic mass is 9.79. The fourth-order valence-corrected chi connectivity index (χ4v) is 5.14. The van der Waals surface area contributed by atoms with Crippen LogP contribution in [0.1, 0.15) is 44.1 Å². The number of fused-ring (bicyclic) bond motifs is 1. The third kappa shape index (κ3) is 3.92. The van der Waals surface area contributed by atoms with Gasteiger partial charge in [0, 0.05) is 37.7 Å². The van der Waals surface area contributed by atoms with Gasteiger partial charge in [0.1, 0.15) is 0 Å². The van der Waals surface area contributed by atoms with Gasteiger partial charge < -0.3 is 9.47 Å². The van der Waals surface area contributed by atoms with E-state index in [-0.39, 0.29) is 5.60 Å². The summed E-state index contributed by atoms with van der Waals surface area (Å²) in [5, 5.41) is 0. The third-order valence-electron chi connectivity index (χ3n) is 6.44. The van der Waals surface area contributed by atoms with Gasteiger partial charge in [-0.1, -0.05) is 12.1 Å². The van der Waals surface area contributed by atoms with Gasteiger partial charge in [-0.05, 0) is 68.4 Å². The summed E-state index contributed by atoms with van der Waals surface area (Å²) in [5.74, 6) is 0.850. The van der Waals surface area contributed by atoms with Crippen LogP contribution in [-0.4, -0.2) is 49.2 Å². The Hall–Kier alpha value is -0.550. The second-order valence-electron chi connectivity index (χ2n) is 8.03. The van der Waals surface area contributed by atoms with Crippen molar-refractivity contribution in [1.29, 1.82) is 0 Å². The number of benzene rings is 1. The molecule has 0 spiro atoms. The first-order valence-corrected chi connectivity index (χ1v) is 11.0. The predicted octanol–water partition coefficient (Wildman–Crippen LogP) is 4.35. The maximum absolute atomic E-state index is 6.25. The molecule has 25 heavy (non-hydrogen) atoms. The molecule has 3 aliphatic rings. The monoisotopic (exact) mass is 361 g/mol. The average Bonchev–Trinajstić information content (AvgIpc) is 3.42. The van der Waals surface area contributed by atoms with Gasteiger partial charge in [-0.25, -0.2) is 0 Å². The number of hydrogen-bond acceptors (Lipinski definition) is 4. The summed E-state index contributed by atoms with van der Waals surface area (Å²) in [7, 11) is 1.91. The molecule has 138 valence electrons. The Morgan fingerprint density at radius 1 is 1.24 bits per heavy atom. The van der Waals surface area contributed by atoms with Crippen LogP contribution in [-0.2, 0) is 16.0 Å². The van der Waals surface area contributed by atoms with E-state index in [9.17, 15) is 0 Å². The van der Waals surface area contributed by atoms with Gasteiger partial charge >= 0.3 is 0 Å². The molecule has 2 saturated carbocycles. The third-order valence-corrected chi connectivity index (χ3v) is 7.16. The Morgan fingerprint density at radius 2 is 2.12 bits per heavy atom. The summed E-state index contributed by atoms with van der Waals surface area (Å²) in [5.41, 5.74) is 1.47. The van der Waals surface area contributed by atoms with Crippen LogP contribution >= 0.6 is 11.8 Å². The molecule has 1 aromatic rings. The number of rotatable bonds is 7. The van der Waals surface area contributed by atoms with Crippen LogP contribution in [0.5, 0.6) is 0 Å². The van der Waals surface area contributed by atoms with E-state index >= 15 is 0 Å². The minimum Gasteiger partial charge on any atom is -0.378 e. The van der Waals surface area contributed by atoms with Gasteiger partial charge in [-0.15, -0.1) is 11.8 Å². The van der Waals surface area contributed by atoms with Crippen LogP contribution in [0.2, 0.25) is 0 Å². The summed E-state index contributed by atoms with van der Waals surface area (Å²) < 4.78 is 12.4. The molecule has 3 atom stereocenters. The molecular formula is C21H31NO2S. The first-order chi connectivity index (χ1) is 12.2. The Kier molecular flexibility index (Phi) is 5.42. The Labute approximate surface area is 156 Å². The topological polar surface area (TPSA) is 21.7 Å². The standard InChI is InChI=1S/C21H31NO2S/c1-23-21-9-8-18(24-15-16-6-7-16)13-20(21)22(11-10-21)14-17-4-3-5-19(12-17)25-2/h3-5,12,16,18,20H,6-11,13-15H2,1-2H3/t18-,20-,21+/m0/s1. The highest BCUT2D eigenvalue weighted by Crippen LogP contribution is 2.44. The van der Waals surface area contributed by atoms with E-state index in [2.05, 4.69) is 35.4 Å². The number of methoxy groups -OCH3 is 1. The molecule has 1 aliphatic heterocycles. The molecule has 4 rings (SSSR count). The predicted molar refractivity (Wildman–Crippen MR) is 103 cm³/mol. The van der Waals surface area contributed by atoms with E-state index < -0.39 is 0 Å². The van der Waals surface area contributed by atoms with Crippen molar-refractivity contribution in [3.05, 3.63) is 29.8 Å². The molecule has 0 aromatic heterocycles. The fourth-order valence-electron chi connectivity index (χ4n) is 4.66. The smallest absolute Gasteiger partial charge is 0.0847 e. The van der Waals surface area contributed by atoms with Crippen molar-refractivity contribution >= 4 is 11.8 Å². The summed E-state index contributed by atoms with van der Waals surface area (Å²) in [4.78, 5) is 4.00. The fraction of sp³-hybridized carbons (Fsp3) is 0.714. The first kappa shape index (κ1) is 17.8. The zero-order chi connectivity index (χ0) is 17.3. The number of hydrogen-bond donors (Lipinski definition) is 0. The molecule has 1 aromatic carbocycles. The van der Waals surface area contributed by atoms with E-state index in [4.69, 9.17) is 9.47 Å². The number of likely N-dealkylation sites (tertiary alicyclic amines) is 1. The number of nitrogens with zero attached hydrogens (tertiary/aromatic N) is 1. The SMILES string of the molecule is CO[C@@]12CC[C@H](OCC3CC3)C[C@@H]1N(Cc1cccc(SC)c1)CC2. The minimum absolute atomic E-state index is 0.0521. The second-order valence-corrected chi connectivity index (χ2v) is 8.91. The van der Waals surface area contributed by atoms with Crippen LogP contribution in [0.4, 0.5) is 0 Å². The van der Waals surface area contributed by atoms with Crippen molar-refractivity contribution < 1.29 is 9.47 Å². The maximum Gasteiger partial charge on any atom is 0.0847 e. The van der Waals surface area contributed by atoms with Crippen LogP contribution in [0.25, 0.3) is 0 Å². The maximum atomic E-state index is 6.25. The summed E-state index contributed by atoms with van der Waals surface area (Å²) in [6.07, 6.45) is 9.90. The van der Waals surface area contributed by atoms with E-state index in [1.807, 2.05) is 18.9 Å². The summed E-state index contributed by atoms with van der Waals surface area (Å²) in [6, 6.07) is 9.47. The van der Waals surface area contributed by atoms with Gasteiger partial charge in [0.25, 0.3) is 0 Å². The van der Waals surface area contributed by atoms with E-state index in [0.717, 1.165) is 51.3 Å². The lowest BCUT2D eigenvalue weighted by Crippen LogP contribution is -2.51. The molecule has 1 saturated heterocycles. The van der Waals surface area contributed by atoms with Crippen LogP contribution in [0, 0.1) is 5.92 Å². The van der Waals surface area contributed by atoms with Crippen molar-refractivity contribution in [2.24, 2.45) is 5.92 Å². The molecule has 0 amide bonds. The quantitative estimate of drug-likeness (QED) is 0.673. The van der Waals surface area contributed by atoms with E-state index in [1.54, 1.807) is 0 Å². The molecule has 0 radical (unpaired) electrons. The lowest BCUT2D eigenvalue weighted by molar-refractivity contribution is -0.103. The van der Waals surface area contributed by atoms with Crippen molar-refractivity contribution in [3.8, 4) is 0 Å². The molecule has 0 unspecified atom stereocenters. The van der Waals surface area contributed by atoms with Crippen molar-refractivity contribution in [1.82, 2.24) is 4.90 Å². The van der Waals surface area contributed by atoms with E-state index in [1.165, 1.54) is 23.3 Å². The molecule has 0 N–H and O–H groups in total. The Balaban J connectivity index is 1.44. The van der Waals surface area contributed by atoms with Gasteiger partial charge in [0.15, 0.2) is 0 Å². The van der Waals surface area contributed by atoms with Crippen molar-refractivity contribution in [3.63, 3.8) is 0 Å². The molecule has 1 heterocycles. The highest BCUT2D eigenvalue weighted by molar-refractivity contribution is 7.98. The zero-order valence-corrected chi connectivity index (χ0v) is 16.4. The Bertz CT molecular complexity index is 591. The van der Waals surface area contributed by atoms with Gasteiger partial charge in [0.05, 0.1) is 11.7 Å². The van der Waals surface area contributed by atoms with Crippen molar-refractivity contribution in [2.75, 3.05) is 26.5 Å². The zero-order valence-electron chi connectivity index (χ0n) is 15.6. The number of thioether (sulfide) groups is 1. The highest BCUT2D eigenvalue weighted by Gasteiger charge is 2.51. The molecule has 2 aliphatic carbocycles. The molecule has 4 heteroatoms. The van der Waals surface area contributed by atoms with Gasteiger partial charge in [-0.3, -0.25) is 4.90 Å². The van der Waals surface area contributed by atoms with Crippen LogP contribution in [0.3, 0.4) is 0 Å². The lowest BCUT2D eigenvalue weighted by Gasteiger charge is -2.43. The average molecular weight is 362 g/mol. The van der Waals surface area contributed by atoms with Crippen molar-refractivity contribution in [2.45, 2.75) is 67.7 Å². The molecule has 3 fully saturated rings. The van der Waals surface area contributed by atoms with Gasteiger partial charge in [0.2, 0.25) is 0 Å². The second kappa shape index (κ2) is 7.59. The largest absolute Gasteiger partial charge is 0.378 e. The highest BCUT2D eigenvalue weighted by atomic mass is 32.2. The molecule has 3 nitrogen and oxygen atoms in total. The van der Waals surface area contributed by atoms with Gasteiger partial charge in [-0.2, -0.15) is 0 Å². The summed E-state index contributed by atoms with van der Waals surface area (Å²) >= 11 is 1.82. The first-order valence-electron chi connectivity index (χ1n) is 9.76. The van der Waals surface area contributed by atoms with Crippen LogP contribution < -0.4 is 0 Å². The number of ether oxygens (including phenoxy) is 2. The Morgan fingerprint density at radius 3 is 2.88 bits per heavy atom.